The molecule has 0 aliphatic heterocycles. The Morgan fingerprint density at radius 2 is 1.24 bits per heavy atom. The van der Waals surface area contributed by atoms with Crippen LogP contribution in [0.4, 0.5) is 0 Å². The summed E-state index contributed by atoms with van der Waals surface area (Å²) >= 11 is 0. The molecule has 128 valence electrons. The maximum Gasteiger partial charge on any atom is -0.00163 e. The molecule has 0 bridgehead atoms. The zero-order valence-corrected chi connectivity index (χ0v) is 15.8. The van der Waals surface area contributed by atoms with Gasteiger partial charge in [-0.15, -0.1) is 0 Å². The van der Waals surface area contributed by atoms with Crippen LogP contribution in [0, 0.1) is 17.8 Å². The van der Waals surface area contributed by atoms with Gasteiger partial charge in [-0.2, -0.15) is 0 Å². The Labute approximate surface area is 135 Å². The van der Waals surface area contributed by atoms with Gasteiger partial charge in [-0.25, -0.2) is 0 Å². The molecule has 0 aliphatic rings. The molecule has 0 aliphatic carbocycles. The fourth-order valence-corrected chi connectivity index (χ4v) is 2.37. The highest BCUT2D eigenvalue weighted by atomic mass is 15.1. The molecule has 0 unspecified atom stereocenters. The summed E-state index contributed by atoms with van der Waals surface area (Å²) in [7, 11) is 0. The van der Waals surface area contributed by atoms with Crippen molar-refractivity contribution in [1.82, 2.24) is 10.2 Å². The second kappa shape index (κ2) is 13.6. The lowest BCUT2D eigenvalue weighted by atomic mass is 10.1. The van der Waals surface area contributed by atoms with E-state index >= 15 is 0 Å². The number of unbranched alkanes of at least 4 members (excludes halogenated alkanes) is 2. The molecule has 1 N–H and O–H groups in total. The molecule has 2 heteroatoms. The first-order valence-corrected chi connectivity index (χ1v) is 9.34. The van der Waals surface area contributed by atoms with Crippen LogP contribution in [0.5, 0.6) is 0 Å². The van der Waals surface area contributed by atoms with Crippen LogP contribution in [-0.2, 0) is 0 Å². The summed E-state index contributed by atoms with van der Waals surface area (Å²) in [5, 5.41) is 3.54. The standard InChI is InChI=1S/C19H42N2/c1-17(2)10-14-21(15-11-18(3)4)13-9-7-8-12-20-16-19(5)6/h17-20H,7-16H2,1-6H3. The van der Waals surface area contributed by atoms with Gasteiger partial charge in [0, 0.05) is 0 Å². The van der Waals surface area contributed by atoms with Gasteiger partial charge in [0.25, 0.3) is 0 Å². The average molecular weight is 299 g/mol. The summed E-state index contributed by atoms with van der Waals surface area (Å²) in [6.45, 7) is 20.1. The summed E-state index contributed by atoms with van der Waals surface area (Å²) in [4.78, 5) is 2.70. The minimum Gasteiger partial charge on any atom is -0.316 e. The summed E-state index contributed by atoms with van der Waals surface area (Å²) in [6, 6.07) is 0. The number of nitrogens with one attached hydrogen (secondary N) is 1. The van der Waals surface area contributed by atoms with E-state index in [1.807, 2.05) is 0 Å². The molecule has 0 fully saturated rings. The molecule has 0 aromatic carbocycles. The van der Waals surface area contributed by atoms with Gasteiger partial charge in [0.05, 0.1) is 0 Å². The van der Waals surface area contributed by atoms with Gasteiger partial charge in [0.15, 0.2) is 0 Å². The van der Waals surface area contributed by atoms with Crippen LogP contribution in [-0.4, -0.2) is 37.6 Å². The van der Waals surface area contributed by atoms with E-state index in [1.54, 1.807) is 0 Å². The zero-order chi connectivity index (χ0) is 16.1. The fraction of sp³-hybridized carbons (Fsp3) is 1.00. The summed E-state index contributed by atoms with van der Waals surface area (Å²) in [6.07, 6.45) is 6.74. The molecule has 0 atom stereocenters. The van der Waals surface area contributed by atoms with E-state index in [-0.39, 0.29) is 0 Å². The Balaban J connectivity index is 3.68. The second-order valence-electron chi connectivity index (χ2n) is 7.87. The van der Waals surface area contributed by atoms with Gasteiger partial charge in [-0.05, 0) is 76.2 Å². The summed E-state index contributed by atoms with van der Waals surface area (Å²) in [5.74, 6) is 2.42. The highest BCUT2D eigenvalue weighted by molar-refractivity contribution is 4.62. The molecule has 0 saturated heterocycles. The number of nitrogens with zero attached hydrogens (tertiary/aromatic N) is 1. The van der Waals surface area contributed by atoms with Gasteiger partial charge >= 0.3 is 0 Å². The van der Waals surface area contributed by atoms with E-state index in [4.69, 9.17) is 0 Å². The summed E-state index contributed by atoms with van der Waals surface area (Å²) in [5.41, 5.74) is 0. The van der Waals surface area contributed by atoms with Crippen LogP contribution in [0.3, 0.4) is 0 Å². The minimum atomic E-state index is 0.771. The van der Waals surface area contributed by atoms with Crippen molar-refractivity contribution >= 4 is 0 Å². The summed E-state index contributed by atoms with van der Waals surface area (Å²) < 4.78 is 0. The lowest BCUT2D eigenvalue weighted by molar-refractivity contribution is 0.238. The van der Waals surface area contributed by atoms with Gasteiger partial charge in [0.2, 0.25) is 0 Å². The van der Waals surface area contributed by atoms with Crippen molar-refractivity contribution in [2.45, 2.75) is 73.6 Å². The van der Waals surface area contributed by atoms with Crippen LogP contribution in [0.1, 0.15) is 73.6 Å². The van der Waals surface area contributed by atoms with E-state index in [9.17, 15) is 0 Å². The largest absolute Gasteiger partial charge is 0.316 e. The second-order valence-corrected chi connectivity index (χ2v) is 7.87. The molecular formula is C19H42N2. The predicted octanol–water partition coefficient (Wildman–Crippen LogP) is 4.80. The molecule has 21 heavy (non-hydrogen) atoms. The number of hydrogen-bond donors (Lipinski definition) is 1. The highest BCUT2D eigenvalue weighted by Gasteiger charge is 2.07. The Hall–Kier alpha value is -0.0800. The monoisotopic (exact) mass is 298 g/mol. The van der Waals surface area contributed by atoms with Crippen molar-refractivity contribution in [1.29, 1.82) is 0 Å². The maximum atomic E-state index is 3.54. The topological polar surface area (TPSA) is 15.3 Å². The minimum absolute atomic E-state index is 0.771. The van der Waals surface area contributed by atoms with Gasteiger partial charge in [-0.1, -0.05) is 48.0 Å². The van der Waals surface area contributed by atoms with Crippen molar-refractivity contribution < 1.29 is 0 Å². The first-order chi connectivity index (χ1) is 9.91. The van der Waals surface area contributed by atoms with Crippen molar-refractivity contribution in [2.24, 2.45) is 17.8 Å². The Morgan fingerprint density at radius 3 is 1.71 bits per heavy atom. The van der Waals surface area contributed by atoms with E-state index in [0.29, 0.717) is 0 Å². The van der Waals surface area contributed by atoms with Crippen LogP contribution in [0.15, 0.2) is 0 Å². The third-order valence-corrected chi connectivity index (χ3v) is 3.93. The zero-order valence-electron chi connectivity index (χ0n) is 15.8. The van der Waals surface area contributed by atoms with Crippen molar-refractivity contribution in [3.63, 3.8) is 0 Å². The van der Waals surface area contributed by atoms with E-state index in [1.165, 1.54) is 58.3 Å². The smallest absolute Gasteiger partial charge is 0.00163 e. The first kappa shape index (κ1) is 20.9. The Morgan fingerprint density at radius 1 is 0.667 bits per heavy atom. The van der Waals surface area contributed by atoms with Gasteiger partial charge < -0.3 is 10.2 Å². The van der Waals surface area contributed by atoms with Crippen molar-refractivity contribution in [2.75, 3.05) is 32.7 Å². The molecule has 0 saturated carbocycles. The average Bonchev–Trinajstić information content (AvgIpc) is 2.39. The third-order valence-electron chi connectivity index (χ3n) is 3.93. The third kappa shape index (κ3) is 16.1. The normalized spacial score (nSPS) is 12.3. The molecule has 0 heterocycles. The van der Waals surface area contributed by atoms with Gasteiger partial charge in [-0.3, -0.25) is 0 Å². The quantitative estimate of drug-likeness (QED) is 0.464. The fourth-order valence-electron chi connectivity index (χ4n) is 2.37. The van der Waals surface area contributed by atoms with E-state index in [2.05, 4.69) is 51.8 Å². The van der Waals surface area contributed by atoms with Crippen molar-refractivity contribution in [3.8, 4) is 0 Å². The van der Waals surface area contributed by atoms with Crippen LogP contribution < -0.4 is 5.32 Å². The molecular weight excluding hydrogens is 256 g/mol. The SMILES string of the molecule is CC(C)CCN(CCCCCNCC(C)C)CCC(C)C. The maximum absolute atomic E-state index is 3.54. The lowest BCUT2D eigenvalue weighted by Crippen LogP contribution is -2.29. The van der Waals surface area contributed by atoms with E-state index < -0.39 is 0 Å². The van der Waals surface area contributed by atoms with Crippen LogP contribution >= 0.6 is 0 Å². The molecule has 0 aromatic rings. The molecule has 0 radical (unpaired) electrons. The molecule has 0 amide bonds. The Bertz CT molecular complexity index is 200. The van der Waals surface area contributed by atoms with Crippen LogP contribution in [0.2, 0.25) is 0 Å². The van der Waals surface area contributed by atoms with Gasteiger partial charge in [0.1, 0.15) is 0 Å². The van der Waals surface area contributed by atoms with Crippen LogP contribution in [0.25, 0.3) is 0 Å². The molecule has 0 aromatic heterocycles. The predicted molar refractivity (Wildman–Crippen MR) is 96.9 cm³/mol. The number of hydrogen-bond acceptors (Lipinski definition) is 2. The highest BCUT2D eigenvalue weighted by Crippen LogP contribution is 2.08. The molecule has 0 rings (SSSR count). The first-order valence-electron chi connectivity index (χ1n) is 9.34. The number of rotatable bonds is 14. The Kier molecular flexibility index (Phi) is 13.5. The van der Waals surface area contributed by atoms with E-state index in [0.717, 1.165) is 24.3 Å². The van der Waals surface area contributed by atoms with Crippen molar-refractivity contribution in [3.05, 3.63) is 0 Å². The molecule has 0 spiro atoms. The lowest BCUT2D eigenvalue weighted by Gasteiger charge is -2.24. The molecule has 2 nitrogen and oxygen atoms in total.